The monoisotopic (exact) mass is 361 g/mol. The van der Waals surface area contributed by atoms with E-state index in [1.54, 1.807) is 24.3 Å². The van der Waals surface area contributed by atoms with Gasteiger partial charge in [-0.1, -0.05) is 12.1 Å². The molecule has 2 amide bonds. The molecule has 2 aliphatic rings. The average Bonchev–Trinajstić information content (AvgIpc) is 3.20. The number of cyclic esters (lactones) is 1. The molecule has 0 radical (unpaired) electrons. The molecular formula is C17H19N3O6. The molecule has 0 aliphatic carbocycles. The lowest BCUT2D eigenvalue weighted by Gasteiger charge is -2.19. The summed E-state index contributed by atoms with van der Waals surface area (Å²) in [5.74, 6) is -1.04. The molecule has 0 saturated carbocycles. The van der Waals surface area contributed by atoms with Gasteiger partial charge in [0.15, 0.2) is 0 Å². The number of anilines is 2. The van der Waals surface area contributed by atoms with Crippen LogP contribution >= 0.6 is 0 Å². The van der Waals surface area contributed by atoms with Crippen LogP contribution in [0.3, 0.4) is 0 Å². The van der Waals surface area contributed by atoms with Gasteiger partial charge < -0.3 is 24.8 Å². The van der Waals surface area contributed by atoms with Crippen molar-refractivity contribution in [2.45, 2.75) is 0 Å². The molecule has 2 aliphatic heterocycles. The number of amides is 2. The molecule has 2 N–H and O–H groups in total. The number of rotatable bonds is 6. The van der Waals surface area contributed by atoms with Crippen LogP contribution in [0.1, 0.15) is 0 Å². The van der Waals surface area contributed by atoms with E-state index < -0.39 is 18.0 Å². The predicted octanol–water partition coefficient (Wildman–Crippen LogP) is 0.317. The number of para-hydroxylation sites is 2. The van der Waals surface area contributed by atoms with E-state index in [9.17, 15) is 14.4 Å². The van der Waals surface area contributed by atoms with Crippen molar-refractivity contribution in [2.24, 2.45) is 0 Å². The third kappa shape index (κ3) is 3.21. The van der Waals surface area contributed by atoms with Crippen LogP contribution in [0.5, 0.6) is 0 Å². The van der Waals surface area contributed by atoms with Gasteiger partial charge >= 0.3 is 12.1 Å². The highest BCUT2D eigenvalue weighted by molar-refractivity contribution is 6.09. The van der Waals surface area contributed by atoms with Crippen molar-refractivity contribution in [3.05, 3.63) is 35.5 Å². The Balaban J connectivity index is 1.94. The highest BCUT2D eigenvalue weighted by atomic mass is 16.6. The summed E-state index contributed by atoms with van der Waals surface area (Å²) in [4.78, 5) is 39.3. The number of aliphatic hydroxyl groups excluding tert-OH is 1. The molecule has 138 valence electrons. The zero-order valence-corrected chi connectivity index (χ0v) is 14.2. The van der Waals surface area contributed by atoms with Crippen LogP contribution in [-0.2, 0) is 19.1 Å². The number of carbonyl (C=O) groups is 3. The van der Waals surface area contributed by atoms with Crippen molar-refractivity contribution >= 4 is 29.3 Å². The van der Waals surface area contributed by atoms with Gasteiger partial charge in [0.2, 0.25) is 0 Å². The molecule has 1 aromatic carbocycles. The van der Waals surface area contributed by atoms with E-state index in [0.29, 0.717) is 17.9 Å². The van der Waals surface area contributed by atoms with Gasteiger partial charge in [-0.15, -0.1) is 0 Å². The second-order valence-corrected chi connectivity index (χ2v) is 5.70. The topological polar surface area (TPSA) is 108 Å². The predicted molar refractivity (Wildman–Crippen MR) is 91.5 cm³/mol. The van der Waals surface area contributed by atoms with Crippen molar-refractivity contribution in [3.63, 3.8) is 0 Å². The molecule has 0 unspecified atom stereocenters. The van der Waals surface area contributed by atoms with Gasteiger partial charge in [0, 0.05) is 6.54 Å². The number of nitrogens with zero attached hydrogens (tertiary/aromatic N) is 2. The van der Waals surface area contributed by atoms with Crippen LogP contribution < -0.4 is 10.2 Å². The Morgan fingerprint density at radius 1 is 1.35 bits per heavy atom. The molecule has 1 aromatic rings. The summed E-state index contributed by atoms with van der Waals surface area (Å²) in [6.07, 6.45) is -0.471. The largest absolute Gasteiger partial charge is 0.466 e. The van der Waals surface area contributed by atoms with Gasteiger partial charge in [-0.05, 0) is 12.1 Å². The molecule has 3 rings (SSSR count). The van der Waals surface area contributed by atoms with Crippen LogP contribution in [0, 0.1) is 0 Å². The van der Waals surface area contributed by atoms with Crippen molar-refractivity contribution in [1.82, 2.24) is 4.90 Å². The van der Waals surface area contributed by atoms with Crippen LogP contribution in [0.2, 0.25) is 0 Å². The lowest BCUT2D eigenvalue weighted by Crippen LogP contribution is -2.31. The van der Waals surface area contributed by atoms with E-state index in [0.717, 1.165) is 0 Å². The fourth-order valence-corrected chi connectivity index (χ4v) is 2.91. The summed E-state index contributed by atoms with van der Waals surface area (Å²) in [7, 11) is 1.24. The van der Waals surface area contributed by atoms with Crippen LogP contribution in [0.15, 0.2) is 35.5 Å². The summed E-state index contributed by atoms with van der Waals surface area (Å²) in [6.45, 7) is 0.605. The zero-order chi connectivity index (χ0) is 18.7. The fourth-order valence-electron chi connectivity index (χ4n) is 2.91. The summed E-state index contributed by atoms with van der Waals surface area (Å²) in [5.41, 5.74) is 1.28. The quantitative estimate of drug-likeness (QED) is 0.702. The van der Waals surface area contributed by atoms with E-state index in [1.165, 1.54) is 16.9 Å². The molecule has 0 atom stereocenters. The highest BCUT2D eigenvalue weighted by Crippen LogP contribution is 2.31. The molecule has 0 bridgehead atoms. The second kappa shape index (κ2) is 7.44. The van der Waals surface area contributed by atoms with Crippen LogP contribution in [-0.4, -0.2) is 67.9 Å². The van der Waals surface area contributed by atoms with Crippen molar-refractivity contribution in [3.8, 4) is 0 Å². The Morgan fingerprint density at radius 2 is 2.12 bits per heavy atom. The summed E-state index contributed by atoms with van der Waals surface area (Å²) in [6, 6.07) is 6.93. The number of ether oxygens (including phenoxy) is 2. The van der Waals surface area contributed by atoms with Gasteiger partial charge in [-0.2, -0.15) is 0 Å². The van der Waals surface area contributed by atoms with Gasteiger partial charge in [-0.3, -0.25) is 9.69 Å². The summed E-state index contributed by atoms with van der Waals surface area (Å²) >= 11 is 0. The smallest absolute Gasteiger partial charge is 0.414 e. The first-order chi connectivity index (χ1) is 12.6. The maximum atomic E-state index is 12.6. The van der Waals surface area contributed by atoms with E-state index >= 15 is 0 Å². The molecule has 2 heterocycles. The Kier molecular flexibility index (Phi) is 5.08. The first-order valence-corrected chi connectivity index (χ1v) is 8.08. The van der Waals surface area contributed by atoms with E-state index in [1.807, 2.05) is 0 Å². The molecule has 9 heteroatoms. The SMILES string of the molecule is COC(=O)C1=C(Nc2ccccc2N2CCOC2=O)C(=O)N(CCO)C1. The maximum Gasteiger partial charge on any atom is 0.414 e. The Labute approximate surface area is 149 Å². The first kappa shape index (κ1) is 17.7. The molecule has 0 spiro atoms. The lowest BCUT2D eigenvalue weighted by molar-refractivity contribution is -0.136. The number of hydrogen-bond donors (Lipinski definition) is 2. The number of nitrogens with one attached hydrogen (secondary N) is 1. The minimum atomic E-state index is -0.626. The maximum absolute atomic E-state index is 12.6. The van der Waals surface area contributed by atoms with Crippen LogP contribution in [0.25, 0.3) is 0 Å². The first-order valence-electron chi connectivity index (χ1n) is 8.08. The van der Waals surface area contributed by atoms with Gasteiger partial charge in [0.1, 0.15) is 12.3 Å². The third-order valence-electron chi connectivity index (χ3n) is 4.17. The summed E-state index contributed by atoms with van der Waals surface area (Å²) in [5, 5.41) is 12.1. The molecule has 1 fully saturated rings. The number of carbonyl (C=O) groups excluding carboxylic acids is 3. The minimum Gasteiger partial charge on any atom is -0.466 e. The average molecular weight is 361 g/mol. The summed E-state index contributed by atoms with van der Waals surface area (Å²) < 4.78 is 9.72. The Hall–Kier alpha value is -3.07. The van der Waals surface area contributed by atoms with Gasteiger partial charge in [-0.25, -0.2) is 9.59 Å². The normalized spacial score (nSPS) is 17.0. The number of methoxy groups -OCH3 is 1. The van der Waals surface area contributed by atoms with Crippen molar-refractivity contribution in [2.75, 3.05) is 50.2 Å². The number of esters is 1. The molecule has 1 saturated heterocycles. The second-order valence-electron chi connectivity index (χ2n) is 5.70. The van der Waals surface area contributed by atoms with E-state index in [4.69, 9.17) is 14.6 Å². The highest BCUT2D eigenvalue weighted by Gasteiger charge is 2.35. The molecule has 0 aromatic heterocycles. The lowest BCUT2D eigenvalue weighted by atomic mass is 10.2. The minimum absolute atomic E-state index is 0.0440. The van der Waals surface area contributed by atoms with Gasteiger partial charge in [0.05, 0.1) is 43.8 Å². The molecular weight excluding hydrogens is 342 g/mol. The zero-order valence-electron chi connectivity index (χ0n) is 14.2. The standard InChI is InChI=1S/C17H19N3O6/c1-25-16(23)11-10-19(6-8-21)15(22)14(11)18-12-4-2-3-5-13(12)20-7-9-26-17(20)24/h2-5,18,21H,6-10H2,1H3. The third-order valence-corrected chi connectivity index (χ3v) is 4.17. The number of benzene rings is 1. The van der Waals surface area contributed by atoms with Gasteiger partial charge in [0.25, 0.3) is 5.91 Å². The number of β-amino-alcohol motifs (C(OH)–C–C–N with tert-alkyl or cyclic N) is 1. The molecule has 26 heavy (non-hydrogen) atoms. The fraction of sp³-hybridized carbons (Fsp3) is 0.353. The van der Waals surface area contributed by atoms with Crippen LogP contribution in [0.4, 0.5) is 16.2 Å². The number of aliphatic hydroxyl groups is 1. The van der Waals surface area contributed by atoms with E-state index in [-0.39, 0.29) is 37.6 Å². The Morgan fingerprint density at radius 3 is 2.77 bits per heavy atom. The number of hydrogen-bond acceptors (Lipinski definition) is 7. The molecule has 9 nitrogen and oxygen atoms in total. The van der Waals surface area contributed by atoms with E-state index in [2.05, 4.69) is 5.32 Å². The van der Waals surface area contributed by atoms with Crippen molar-refractivity contribution in [1.29, 1.82) is 0 Å². The Bertz CT molecular complexity index is 776. The van der Waals surface area contributed by atoms with Crippen molar-refractivity contribution < 1.29 is 29.0 Å².